The Balaban J connectivity index is 0.000000297. The zero-order valence-corrected chi connectivity index (χ0v) is 20.6. The lowest BCUT2D eigenvalue weighted by atomic mass is 9.62. The average molecular weight is 470 g/mol. The van der Waals surface area contributed by atoms with Crippen molar-refractivity contribution in [3.8, 4) is 0 Å². The predicted octanol–water partition coefficient (Wildman–Crippen LogP) is 3.27. The molecule has 7 nitrogen and oxygen atoms in total. The number of fused-ring (bicyclic) bond motifs is 3. The smallest absolute Gasteiger partial charge is 0.359 e. The van der Waals surface area contributed by atoms with E-state index in [0.29, 0.717) is 6.42 Å². The van der Waals surface area contributed by atoms with Gasteiger partial charge in [-0.05, 0) is 62.1 Å². The minimum atomic E-state index is -1.63. The molecule has 0 saturated carbocycles. The lowest BCUT2D eigenvalue weighted by Gasteiger charge is -2.57. The van der Waals surface area contributed by atoms with Gasteiger partial charge in [-0.15, -0.1) is 0 Å². The van der Waals surface area contributed by atoms with E-state index in [0.717, 1.165) is 69.2 Å². The largest absolute Gasteiger partial charge is 0.550 e. The molecular weight excluding hydrogens is 432 g/mol. The highest BCUT2D eigenvalue weighted by atomic mass is 16.5. The Kier molecular flexibility index (Phi) is 7.06. The molecule has 3 aliphatic heterocycles. The van der Waals surface area contributed by atoms with Gasteiger partial charge in [-0.3, -0.25) is 4.90 Å². The van der Waals surface area contributed by atoms with Gasteiger partial charge in [-0.2, -0.15) is 0 Å². The number of carboxylic acids is 1. The van der Waals surface area contributed by atoms with Crippen LogP contribution in [0.15, 0.2) is 24.3 Å². The number of hydrogen-bond acceptors (Lipinski definition) is 6. The molecule has 1 N–H and O–H groups in total. The van der Waals surface area contributed by atoms with Crippen molar-refractivity contribution in [3.05, 3.63) is 35.5 Å². The van der Waals surface area contributed by atoms with E-state index in [4.69, 9.17) is 4.74 Å². The maximum atomic E-state index is 12.8. The second-order valence-electron chi connectivity index (χ2n) is 10.0. The average Bonchev–Trinajstić information content (AvgIpc) is 3.19. The Morgan fingerprint density at radius 3 is 2.65 bits per heavy atom. The summed E-state index contributed by atoms with van der Waals surface area (Å²) in [5.41, 5.74) is 1.69. The quantitative estimate of drug-likeness (QED) is 0.515. The van der Waals surface area contributed by atoms with Crippen molar-refractivity contribution in [1.29, 1.82) is 0 Å². The van der Waals surface area contributed by atoms with Crippen molar-refractivity contribution in [1.82, 2.24) is 9.47 Å². The molecule has 3 aliphatic rings. The van der Waals surface area contributed by atoms with Gasteiger partial charge in [0.2, 0.25) is 5.72 Å². The molecule has 34 heavy (non-hydrogen) atoms. The van der Waals surface area contributed by atoms with Crippen molar-refractivity contribution in [3.63, 3.8) is 0 Å². The van der Waals surface area contributed by atoms with Crippen molar-refractivity contribution in [2.45, 2.75) is 83.4 Å². The highest BCUT2D eigenvalue weighted by Crippen LogP contribution is 2.60. The van der Waals surface area contributed by atoms with Crippen LogP contribution in [0.2, 0.25) is 0 Å². The van der Waals surface area contributed by atoms with Crippen LogP contribution >= 0.6 is 0 Å². The van der Waals surface area contributed by atoms with Crippen LogP contribution in [0.4, 0.5) is 0 Å². The first-order chi connectivity index (χ1) is 16.3. The highest BCUT2D eigenvalue weighted by Gasteiger charge is 2.60. The third kappa shape index (κ3) is 3.93. The Bertz CT molecular complexity index is 1060. The van der Waals surface area contributed by atoms with Gasteiger partial charge < -0.3 is 24.3 Å². The number of hydrogen-bond donors (Lipinski definition) is 1. The van der Waals surface area contributed by atoms with Crippen molar-refractivity contribution < 1.29 is 24.5 Å². The van der Waals surface area contributed by atoms with Crippen molar-refractivity contribution >= 4 is 22.8 Å². The third-order valence-corrected chi connectivity index (χ3v) is 8.16. The van der Waals surface area contributed by atoms with Gasteiger partial charge in [0.25, 0.3) is 0 Å². The van der Waals surface area contributed by atoms with E-state index in [1.54, 1.807) is 0 Å². The SMILES string of the molecule is CCCCCC(=O)[O-].CC[C@]12CCCN3CCc4c(n(c5ccccc45)[C@@](O)(C(=O)OC)C1)[C@@H]32. The normalized spacial score (nSPS) is 27.5. The van der Waals surface area contributed by atoms with Gasteiger partial charge in [0, 0.05) is 30.0 Å². The lowest BCUT2D eigenvalue weighted by molar-refractivity contribution is -0.305. The molecule has 5 rings (SSSR count). The number of methoxy groups -OCH3 is 1. The summed E-state index contributed by atoms with van der Waals surface area (Å²) in [6, 6.07) is 8.45. The van der Waals surface area contributed by atoms with Crippen LogP contribution in [-0.4, -0.2) is 46.7 Å². The summed E-state index contributed by atoms with van der Waals surface area (Å²) < 4.78 is 7.01. The Labute approximate surface area is 201 Å². The minimum absolute atomic E-state index is 0.0826. The summed E-state index contributed by atoms with van der Waals surface area (Å²) in [6.45, 7) is 6.40. The number of benzene rings is 1. The monoisotopic (exact) mass is 469 g/mol. The van der Waals surface area contributed by atoms with E-state index >= 15 is 0 Å². The first-order valence-corrected chi connectivity index (χ1v) is 12.7. The zero-order chi connectivity index (χ0) is 24.5. The van der Waals surface area contributed by atoms with E-state index in [2.05, 4.69) is 17.9 Å². The first-order valence-electron chi connectivity index (χ1n) is 12.7. The molecule has 7 heteroatoms. The number of nitrogens with zero attached hydrogens (tertiary/aromatic N) is 2. The number of carbonyl (C=O) groups is 2. The Morgan fingerprint density at radius 1 is 1.21 bits per heavy atom. The highest BCUT2D eigenvalue weighted by molar-refractivity contribution is 5.90. The molecule has 3 atom stereocenters. The fraction of sp³-hybridized carbons (Fsp3) is 0.630. The number of unbranched alkanes of at least 4 members (excludes halogenated alkanes) is 2. The summed E-state index contributed by atoms with van der Waals surface area (Å²) in [7, 11) is 1.37. The fourth-order valence-corrected chi connectivity index (χ4v) is 6.62. The molecule has 4 heterocycles. The van der Waals surface area contributed by atoms with Gasteiger partial charge in [-0.1, -0.05) is 44.9 Å². The summed E-state index contributed by atoms with van der Waals surface area (Å²) >= 11 is 0. The zero-order valence-electron chi connectivity index (χ0n) is 20.6. The van der Waals surface area contributed by atoms with E-state index in [1.807, 2.05) is 29.7 Å². The number of aliphatic hydroxyl groups is 1. The molecule has 1 aromatic carbocycles. The predicted molar refractivity (Wildman–Crippen MR) is 128 cm³/mol. The molecule has 186 valence electrons. The van der Waals surface area contributed by atoms with E-state index in [1.165, 1.54) is 18.1 Å². The first kappa shape index (κ1) is 24.7. The third-order valence-electron chi connectivity index (χ3n) is 8.16. The molecule has 1 aromatic heterocycles. The van der Waals surface area contributed by atoms with Crippen molar-refractivity contribution in [2.24, 2.45) is 5.41 Å². The molecule has 0 radical (unpaired) electrons. The van der Waals surface area contributed by atoms with Crippen LogP contribution in [-0.2, 0) is 26.5 Å². The molecule has 0 aliphatic carbocycles. The number of rotatable bonds is 6. The summed E-state index contributed by atoms with van der Waals surface area (Å²) in [6.07, 6.45) is 7.55. The molecule has 0 unspecified atom stereocenters. The number of ether oxygens (including phenoxy) is 1. The Hall–Kier alpha value is -2.38. The number of carboxylic acid groups (broad SMARTS) is 1. The second-order valence-corrected chi connectivity index (χ2v) is 10.0. The fourth-order valence-electron chi connectivity index (χ4n) is 6.62. The summed E-state index contributed by atoms with van der Waals surface area (Å²) in [4.78, 5) is 25.2. The van der Waals surface area contributed by atoms with Crippen LogP contribution in [0.3, 0.4) is 0 Å². The van der Waals surface area contributed by atoms with Gasteiger partial charge in [-0.25, -0.2) is 4.79 Å². The minimum Gasteiger partial charge on any atom is -0.550 e. The van der Waals surface area contributed by atoms with E-state index in [-0.39, 0.29) is 17.9 Å². The molecule has 0 bridgehead atoms. The number of aliphatic carboxylic acids is 1. The van der Waals surface area contributed by atoms with Crippen LogP contribution in [0.25, 0.3) is 10.9 Å². The molecule has 0 amide bonds. The van der Waals surface area contributed by atoms with Gasteiger partial charge >= 0.3 is 5.97 Å². The number of aromatic nitrogens is 1. The van der Waals surface area contributed by atoms with E-state index < -0.39 is 17.7 Å². The molecule has 1 saturated heterocycles. The topological polar surface area (TPSA) is 94.8 Å². The van der Waals surface area contributed by atoms with Crippen LogP contribution < -0.4 is 5.11 Å². The molecule has 1 fully saturated rings. The summed E-state index contributed by atoms with van der Waals surface area (Å²) in [5.74, 6) is -1.48. The number of piperidine rings is 1. The lowest BCUT2D eigenvalue weighted by Crippen LogP contribution is -2.60. The second kappa shape index (κ2) is 9.70. The molecule has 0 spiro atoms. The summed E-state index contributed by atoms with van der Waals surface area (Å²) in [5, 5.41) is 22.7. The van der Waals surface area contributed by atoms with Crippen molar-refractivity contribution in [2.75, 3.05) is 20.2 Å². The Morgan fingerprint density at radius 2 is 1.97 bits per heavy atom. The van der Waals surface area contributed by atoms with Crippen LogP contribution in [0.1, 0.15) is 82.5 Å². The van der Waals surface area contributed by atoms with Crippen LogP contribution in [0.5, 0.6) is 0 Å². The van der Waals surface area contributed by atoms with E-state index in [9.17, 15) is 19.8 Å². The standard InChI is InChI=1S/C21H26N2O3.C6H12O2/c1-3-20-10-6-11-22-12-9-15-14-7-4-5-8-16(14)23(17(15)18(20)22)21(25,13-20)19(24)26-2;1-2-3-4-5-6(7)8/h4-5,7-8,18,25H,3,6,9-13H2,1-2H3;2-5H2,1H3,(H,7,8)/p-1/t18-,20+,21+;/m1./s1. The maximum Gasteiger partial charge on any atom is 0.359 e. The molecular formula is C27H37N2O5-. The maximum absolute atomic E-state index is 12.8. The van der Waals surface area contributed by atoms with Gasteiger partial charge in [0.15, 0.2) is 0 Å². The number of esters is 1. The van der Waals surface area contributed by atoms with Gasteiger partial charge in [0.05, 0.1) is 18.7 Å². The number of para-hydroxylation sites is 1. The number of carbonyl (C=O) groups excluding carboxylic acids is 2. The van der Waals surface area contributed by atoms with Gasteiger partial charge in [0.1, 0.15) is 0 Å². The van der Waals surface area contributed by atoms with Crippen LogP contribution in [0, 0.1) is 5.41 Å². The molecule has 2 aromatic rings.